The first-order valence-electron chi connectivity index (χ1n) is 9.70. The van der Waals surface area contributed by atoms with E-state index < -0.39 is 0 Å². The maximum absolute atomic E-state index is 4.03. The zero-order valence-corrected chi connectivity index (χ0v) is 15.4. The van der Waals surface area contributed by atoms with Crippen LogP contribution in [0, 0.1) is 0 Å². The normalized spacial score (nSPS) is 14.2. The lowest BCUT2D eigenvalue weighted by molar-refractivity contribution is 0.920. The monoisotopic (exact) mass is 338 g/mol. The van der Waals surface area contributed by atoms with Gasteiger partial charge in [0.1, 0.15) is 0 Å². The molecule has 6 bridgehead atoms. The van der Waals surface area contributed by atoms with E-state index in [0.29, 0.717) is 0 Å². The van der Waals surface area contributed by atoms with Gasteiger partial charge in [0.2, 0.25) is 0 Å². The molecule has 0 nitrogen and oxygen atoms in total. The Morgan fingerprint density at radius 1 is 0.500 bits per heavy atom. The predicted octanol–water partition coefficient (Wildman–Crippen LogP) is 6.00. The fourth-order valence-corrected chi connectivity index (χ4v) is 3.82. The van der Waals surface area contributed by atoms with Crippen LogP contribution in [-0.2, 0) is 38.5 Å². The molecule has 9 rings (SSSR count). The number of benzene rings is 3. The van der Waals surface area contributed by atoms with Gasteiger partial charge >= 0.3 is 0 Å². The molecule has 6 aliphatic carbocycles. The van der Waals surface area contributed by atoms with Crippen LogP contribution in [0.5, 0.6) is 0 Å². The zero-order valence-electron chi connectivity index (χ0n) is 15.4. The van der Waals surface area contributed by atoms with Crippen LogP contribution in [0.1, 0.15) is 38.9 Å². The van der Waals surface area contributed by atoms with Crippen molar-refractivity contribution < 1.29 is 0 Å². The summed E-state index contributed by atoms with van der Waals surface area (Å²) < 4.78 is 0. The maximum Gasteiger partial charge on any atom is -0.0228 e. The summed E-state index contributed by atoms with van der Waals surface area (Å²) in [6.45, 7) is 4.03. The second-order valence-corrected chi connectivity index (χ2v) is 7.37. The van der Waals surface area contributed by atoms with Crippen molar-refractivity contribution in [3.8, 4) is 0 Å². The van der Waals surface area contributed by atoms with E-state index in [9.17, 15) is 0 Å². The minimum atomic E-state index is 1.07. The lowest BCUT2D eigenvalue weighted by Crippen LogP contribution is -1.99. The van der Waals surface area contributed by atoms with Crippen molar-refractivity contribution in [3.63, 3.8) is 0 Å². The van der Waals surface area contributed by atoms with Gasteiger partial charge in [-0.2, -0.15) is 0 Å². The number of hydrogen-bond acceptors (Lipinski definition) is 0. The second kappa shape index (κ2) is 7.74. The van der Waals surface area contributed by atoms with Gasteiger partial charge in [-0.1, -0.05) is 79.4 Å². The molecule has 0 heteroatoms. The summed E-state index contributed by atoms with van der Waals surface area (Å²) in [5, 5.41) is 0. The molecule has 0 spiro atoms. The second-order valence-electron chi connectivity index (χ2n) is 7.37. The molecule has 130 valence electrons. The lowest BCUT2D eigenvalue weighted by atomic mass is 9.94. The molecule has 0 N–H and O–H groups in total. The van der Waals surface area contributed by atoms with Crippen LogP contribution in [-0.4, -0.2) is 0 Å². The third kappa shape index (κ3) is 3.96. The first-order valence-corrected chi connectivity index (χ1v) is 9.70. The van der Waals surface area contributed by atoms with Gasteiger partial charge in [0.25, 0.3) is 0 Å². The van der Waals surface area contributed by atoms with Gasteiger partial charge in [0.05, 0.1) is 0 Å². The van der Waals surface area contributed by atoms with E-state index in [-0.39, 0.29) is 0 Å². The molecule has 3 aromatic carbocycles. The van der Waals surface area contributed by atoms with Gasteiger partial charge in [0.15, 0.2) is 0 Å². The first-order chi connectivity index (χ1) is 12.8. The molecule has 0 radical (unpaired) electrons. The Labute approximate surface area is 157 Å². The third-order valence-electron chi connectivity index (χ3n) is 5.56. The molecule has 0 atom stereocenters. The molecule has 0 saturated carbocycles. The SMILES string of the molecule is C=Cc1cc2ccc1CCc1ccc(cc1)CCc1ccc(cc1)CC2. The van der Waals surface area contributed by atoms with Crippen molar-refractivity contribution in [2.24, 2.45) is 0 Å². The number of aryl methyl sites for hydroxylation is 6. The fourth-order valence-electron chi connectivity index (χ4n) is 3.82. The first kappa shape index (κ1) is 16.8. The summed E-state index contributed by atoms with van der Waals surface area (Å²) in [6, 6.07) is 25.3. The Kier molecular flexibility index (Phi) is 5.02. The summed E-state index contributed by atoms with van der Waals surface area (Å²) in [6.07, 6.45) is 8.57. The average molecular weight is 338 g/mol. The predicted molar refractivity (Wildman–Crippen MR) is 112 cm³/mol. The fraction of sp³-hybridized carbons (Fsp3) is 0.231. The highest BCUT2D eigenvalue weighted by molar-refractivity contribution is 5.53. The zero-order chi connectivity index (χ0) is 17.8. The van der Waals surface area contributed by atoms with Crippen LogP contribution in [0.15, 0.2) is 73.3 Å². The molecule has 6 aliphatic rings. The van der Waals surface area contributed by atoms with Gasteiger partial charge in [-0.25, -0.2) is 0 Å². The number of rotatable bonds is 1. The van der Waals surface area contributed by atoms with Gasteiger partial charge in [-0.05, 0) is 77.5 Å². The highest BCUT2D eigenvalue weighted by Gasteiger charge is 2.05. The Hall–Kier alpha value is -2.60. The smallest absolute Gasteiger partial charge is 0.0228 e. The molecule has 26 heavy (non-hydrogen) atoms. The highest BCUT2D eigenvalue weighted by Crippen LogP contribution is 2.19. The van der Waals surface area contributed by atoms with E-state index in [1.807, 2.05) is 6.08 Å². The molecule has 3 aromatic rings. The minimum Gasteiger partial charge on any atom is -0.0985 e. The lowest BCUT2D eigenvalue weighted by Gasteiger charge is -2.11. The van der Waals surface area contributed by atoms with Gasteiger partial charge in [0, 0.05) is 0 Å². The Morgan fingerprint density at radius 3 is 1.35 bits per heavy atom. The molecule has 0 amide bonds. The van der Waals surface area contributed by atoms with Crippen molar-refractivity contribution in [1.29, 1.82) is 0 Å². The average Bonchev–Trinajstić information content (AvgIpc) is 2.70. The van der Waals surface area contributed by atoms with Crippen molar-refractivity contribution in [2.45, 2.75) is 38.5 Å². The summed E-state index contributed by atoms with van der Waals surface area (Å²) in [4.78, 5) is 0. The largest absolute Gasteiger partial charge is 0.0985 e. The van der Waals surface area contributed by atoms with Gasteiger partial charge in [-0.15, -0.1) is 0 Å². The Morgan fingerprint density at radius 2 is 0.885 bits per heavy atom. The molecule has 0 aliphatic heterocycles. The van der Waals surface area contributed by atoms with Crippen LogP contribution in [0.3, 0.4) is 0 Å². The van der Waals surface area contributed by atoms with E-state index in [1.165, 1.54) is 38.9 Å². The summed E-state index contributed by atoms with van der Waals surface area (Å²) in [5.74, 6) is 0. The molecule has 0 aromatic heterocycles. The van der Waals surface area contributed by atoms with Crippen molar-refractivity contribution in [1.82, 2.24) is 0 Å². The summed E-state index contributed by atoms with van der Waals surface area (Å²) in [7, 11) is 0. The van der Waals surface area contributed by atoms with E-state index in [4.69, 9.17) is 0 Å². The third-order valence-corrected chi connectivity index (χ3v) is 5.56. The molecule has 0 heterocycles. The van der Waals surface area contributed by atoms with E-state index in [2.05, 4.69) is 73.3 Å². The Bertz CT molecular complexity index is 882. The van der Waals surface area contributed by atoms with Crippen LogP contribution in [0.2, 0.25) is 0 Å². The quantitative estimate of drug-likeness (QED) is 0.510. The molecule has 0 saturated heterocycles. The van der Waals surface area contributed by atoms with Crippen LogP contribution < -0.4 is 0 Å². The van der Waals surface area contributed by atoms with Crippen LogP contribution >= 0.6 is 0 Å². The number of hydrogen-bond donors (Lipinski definition) is 0. The van der Waals surface area contributed by atoms with Gasteiger partial charge in [-0.3, -0.25) is 0 Å². The minimum absolute atomic E-state index is 1.07. The summed E-state index contributed by atoms with van der Waals surface area (Å²) in [5.41, 5.74) is 9.78. The topological polar surface area (TPSA) is 0 Å². The highest BCUT2D eigenvalue weighted by atomic mass is 14.1. The molecular weight excluding hydrogens is 312 g/mol. The van der Waals surface area contributed by atoms with Crippen molar-refractivity contribution >= 4 is 6.08 Å². The molecule has 0 fully saturated rings. The van der Waals surface area contributed by atoms with Crippen molar-refractivity contribution in [2.75, 3.05) is 0 Å². The van der Waals surface area contributed by atoms with Crippen LogP contribution in [0.25, 0.3) is 6.08 Å². The maximum atomic E-state index is 4.03. The van der Waals surface area contributed by atoms with E-state index >= 15 is 0 Å². The standard InChI is InChI=1S/C26H26/c1-2-25-19-24-14-13-22-7-5-20(6-8-22)3-4-21-9-11-23(12-10-21)15-17-26(25)18-16-24/h2,5-12,16,18-19H,1,3-4,13-15,17H2. The van der Waals surface area contributed by atoms with Crippen molar-refractivity contribution in [3.05, 3.63) is 112 Å². The van der Waals surface area contributed by atoms with Gasteiger partial charge < -0.3 is 0 Å². The molecule has 0 unspecified atom stereocenters. The Balaban J connectivity index is 1.67. The molecular formula is C26H26. The van der Waals surface area contributed by atoms with Crippen LogP contribution in [0.4, 0.5) is 0 Å². The summed E-state index contributed by atoms with van der Waals surface area (Å²) >= 11 is 0. The van der Waals surface area contributed by atoms with E-state index in [1.54, 1.807) is 0 Å². The van der Waals surface area contributed by atoms with E-state index in [0.717, 1.165) is 38.5 Å².